The number of carbonyl (C=O) groups excluding carboxylic acids is 1. The lowest BCUT2D eigenvalue weighted by Gasteiger charge is -2.24. The Kier molecular flexibility index (Phi) is 5.62. The molecule has 1 N–H and O–H groups in total. The molecule has 0 spiro atoms. The van der Waals surface area contributed by atoms with Crippen LogP contribution in [0.15, 0.2) is 42.6 Å². The van der Waals surface area contributed by atoms with Crippen LogP contribution in [0.25, 0.3) is 11.3 Å². The number of hydrogen-bond acceptors (Lipinski definition) is 4. The molecule has 1 atom stereocenters. The monoisotopic (exact) mass is 450 g/mol. The molecule has 3 heterocycles. The van der Waals surface area contributed by atoms with Gasteiger partial charge in [0.25, 0.3) is 5.91 Å². The number of aryl methyl sites for hydroxylation is 1. The lowest BCUT2D eigenvalue weighted by Crippen LogP contribution is -2.32. The van der Waals surface area contributed by atoms with Crippen LogP contribution in [0.2, 0.25) is 5.02 Å². The van der Waals surface area contributed by atoms with Crippen LogP contribution >= 0.6 is 11.6 Å². The number of methoxy groups -OCH3 is 1. The molecule has 0 aliphatic carbocycles. The van der Waals surface area contributed by atoms with E-state index in [4.69, 9.17) is 16.3 Å². The molecular formula is C21H18ClF3N4O2. The standard InChI is InChI=1S/C21H18ClF3N4O2/c1-31-19-9-12(4-5-26-19)17-11-18-16(3-2-6-29(18)28-17)27-20(30)13-7-14(21(23,24)25)10-15(22)8-13/h4-5,7-11,16H,2-3,6H2,1H3,(H,27,30)/t16-/m0/s1. The molecule has 4 rings (SSSR count). The molecule has 0 fully saturated rings. The Labute approximate surface area is 181 Å². The summed E-state index contributed by atoms with van der Waals surface area (Å²) < 4.78 is 46.2. The van der Waals surface area contributed by atoms with Crippen LogP contribution in [0.1, 0.15) is 40.5 Å². The molecule has 162 valence electrons. The van der Waals surface area contributed by atoms with Crippen LogP contribution in [0, 0.1) is 0 Å². The third-order valence-electron chi connectivity index (χ3n) is 5.06. The molecule has 2 aromatic heterocycles. The van der Waals surface area contributed by atoms with Crippen molar-refractivity contribution in [3.8, 4) is 17.1 Å². The Hall–Kier alpha value is -3.07. The van der Waals surface area contributed by atoms with Crippen molar-refractivity contribution in [3.05, 3.63) is 64.4 Å². The highest BCUT2D eigenvalue weighted by Crippen LogP contribution is 2.33. The van der Waals surface area contributed by atoms with Gasteiger partial charge >= 0.3 is 6.18 Å². The maximum Gasteiger partial charge on any atom is 0.416 e. The molecule has 0 saturated carbocycles. The summed E-state index contributed by atoms with van der Waals surface area (Å²) in [5, 5.41) is 7.27. The quantitative estimate of drug-likeness (QED) is 0.614. The summed E-state index contributed by atoms with van der Waals surface area (Å²) in [7, 11) is 1.52. The third-order valence-corrected chi connectivity index (χ3v) is 5.28. The van der Waals surface area contributed by atoms with E-state index < -0.39 is 17.6 Å². The zero-order chi connectivity index (χ0) is 22.2. The Morgan fingerprint density at radius 3 is 2.81 bits per heavy atom. The fourth-order valence-corrected chi connectivity index (χ4v) is 3.81. The van der Waals surface area contributed by atoms with E-state index in [9.17, 15) is 18.0 Å². The molecule has 1 amide bonds. The van der Waals surface area contributed by atoms with Crippen LogP contribution in [0.4, 0.5) is 13.2 Å². The van der Waals surface area contributed by atoms with E-state index in [0.717, 1.165) is 29.8 Å². The minimum atomic E-state index is -4.59. The van der Waals surface area contributed by atoms with Crippen molar-refractivity contribution in [1.82, 2.24) is 20.1 Å². The highest BCUT2D eigenvalue weighted by atomic mass is 35.5. The Bertz CT molecular complexity index is 1130. The second kappa shape index (κ2) is 8.22. The second-order valence-corrected chi connectivity index (χ2v) is 7.60. The lowest BCUT2D eigenvalue weighted by atomic mass is 10.0. The van der Waals surface area contributed by atoms with Gasteiger partial charge in [-0.3, -0.25) is 9.48 Å². The first-order valence-corrected chi connectivity index (χ1v) is 9.89. The SMILES string of the molecule is COc1cc(-c2cc3n(n2)CCC[C@@H]3NC(=O)c2cc(Cl)cc(C(F)(F)F)c2)ccn1. The first kappa shape index (κ1) is 21.2. The zero-order valence-electron chi connectivity index (χ0n) is 16.4. The van der Waals surface area contributed by atoms with E-state index in [1.807, 2.05) is 6.07 Å². The number of ether oxygens (including phenoxy) is 1. The molecule has 10 heteroatoms. The van der Waals surface area contributed by atoms with E-state index in [-0.39, 0.29) is 16.6 Å². The Morgan fingerprint density at radius 1 is 1.26 bits per heavy atom. The molecule has 0 bridgehead atoms. The highest BCUT2D eigenvalue weighted by molar-refractivity contribution is 6.31. The van der Waals surface area contributed by atoms with Gasteiger partial charge in [-0.15, -0.1) is 0 Å². The summed E-state index contributed by atoms with van der Waals surface area (Å²) in [5.41, 5.74) is 1.18. The smallest absolute Gasteiger partial charge is 0.416 e. The summed E-state index contributed by atoms with van der Waals surface area (Å²) in [4.78, 5) is 16.8. The van der Waals surface area contributed by atoms with E-state index >= 15 is 0 Å². The number of aromatic nitrogens is 3. The predicted molar refractivity (Wildman–Crippen MR) is 108 cm³/mol. The maximum atomic E-state index is 13.1. The van der Waals surface area contributed by atoms with Crippen molar-refractivity contribution in [2.75, 3.05) is 7.11 Å². The van der Waals surface area contributed by atoms with E-state index in [0.29, 0.717) is 24.5 Å². The second-order valence-electron chi connectivity index (χ2n) is 7.16. The lowest BCUT2D eigenvalue weighted by molar-refractivity contribution is -0.137. The minimum absolute atomic E-state index is 0.143. The number of pyridine rings is 1. The summed E-state index contributed by atoms with van der Waals surface area (Å²) in [6, 6.07) is 7.85. The molecule has 31 heavy (non-hydrogen) atoms. The van der Waals surface area contributed by atoms with Crippen LogP contribution in [-0.2, 0) is 12.7 Å². The number of hydrogen-bond donors (Lipinski definition) is 1. The topological polar surface area (TPSA) is 69.0 Å². The van der Waals surface area contributed by atoms with Crippen molar-refractivity contribution in [3.63, 3.8) is 0 Å². The molecule has 3 aromatic rings. The van der Waals surface area contributed by atoms with Gasteiger partial charge < -0.3 is 10.1 Å². The van der Waals surface area contributed by atoms with E-state index in [2.05, 4.69) is 15.4 Å². The van der Waals surface area contributed by atoms with Crippen molar-refractivity contribution < 1.29 is 22.7 Å². The number of benzene rings is 1. The van der Waals surface area contributed by atoms with Gasteiger partial charge in [-0.05, 0) is 43.2 Å². The molecule has 1 aliphatic rings. The van der Waals surface area contributed by atoms with Gasteiger partial charge in [-0.2, -0.15) is 18.3 Å². The number of nitrogens with one attached hydrogen (secondary N) is 1. The predicted octanol–water partition coefficient (Wildman–Crippen LogP) is 4.89. The summed E-state index contributed by atoms with van der Waals surface area (Å²) >= 11 is 5.81. The average Bonchev–Trinajstić information content (AvgIpc) is 3.18. The highest BCUT2D eigenvalue weighted by Gasteiger charge is 2.32. The van der Waals surface area contributed by atoms with Gasteiger partial charge in [0, 0.05) is 35.0 Å². The van der Waals surface area contributed by atoms with Crippen molar-refractivity contribution >= 4 is 17.5 Å². The number of rotatable bonds is 4. The van der Waals surface area contributed by atoms with Gasteiger partial charge in [-0.25, -0.2) is 4.98 Å². The van der Waals surface area contributed by atoms with Gasteiger partial charge in [0.15, 0.2) is 0 Å². The molecule has 1 aromatic carbocycles. The number of alkyl halides is 3. The number of fused-ring (bicyclic) bond motifs is 1. The molecule has 0 unspecified atom stereocenters. The van der Waals surface area contributed by atoms with Crippen LogP contribution in [0.3, 0.4) is 0 Å². The Morgan fingerprint density at radius 2 is 2.06 bits per heavy atom. The molecular weight excluding hydrogens is 433 g/mol. The Balaban J connectivity index is 1.60. The van der Waals surface area contributed by atoms with Crippen molar-refractivity contribution in [2.45, 2.75) is 31.6 Å². The molecule has 0 radical (unpaired) electrons. The van der Waals surface area contributed by atoms with Gasteiger partial charge in [0.1, 0.15) is 0 Å². The molecule has 6 nitrogen and oxygen atoms in total. The number of carbonyl (C=O) groups is 1. The summed E-state index contributed by atoms with van der Waals surface area (Å²) in [5.74, 6) is -0.172. The average molecular weight is 451 g/mol. The largest absolute Gasteiger partial charge is 0.481 e. The van der Waals surface area contributed by atoms with Crippen molar-refractivity contribution in [1.29, 1.82) is 0 Å². The summed E-state index contributed by atoms with van der Waals surface area (Å²) in [6.07, 6.45) is -1.57. The van der Waals surface area contributed by atoms with Crippen LogP contribution < -0.4 is 10.1 Å². The zero-order valence-corrected chi connectivity index (χ0v) is 17.2. The minimum Gasteiger partial charge on any atom is -0.481 e. The number of amides is 1. The van der Waals surface area contributed by atoms with Crippen molar-refractivity contribution in [2.24, 2.45) is 0 Å². The van der Waals surface area contributed by atoms with E-state index in [1.165, 1.54) is 13.2 Å². The van der Waals surface area contributed by atoms with E-state index in [1.54, 1.807) is 23.0 Å². The molecule has 1 aliphatic heterocycles. The fraction of sp³-hybridized carbons (Fsp3) is 0.286. The van der Waals surface area contributed by atoms with Gasteiger partial charge in [0.2, 0.25) is 5.88 Å². The summed E-state index contributed by atoms with van der Waals surface area (Å²) in [6.45, 7) is 0.680. The number of halogens is 4. The van der Waals surface area contributed by atoms with Gasteiger partial charge in [0.05, 0.1) is 30.1 Å². The van der Waals surface area contributed by atoms with Gasteiger partial charge in [-0.1, -0.05) is 11.6 Å². The normalized spacial score (nSPS) is 16.0. The number of nitrogens with zero attached hydrogens (tertiary/aromatic N) is 3. The first-order valence-electron chi connectivity index (χ1n) is 9.51. The fourth-order valence-electron chi connectivity index (χ4n) is 3.58. The van der Waals surface area contributed by atoms with Crippen LogP contribution in [-0.4, -0.2) is 27.8 Å². The maximum absolute atomic E-state index is 13.1. The third kappa shape index (κ3) is 4.51. The molecule has 0 saturated heterocycles. The first-order chi connectivity index (χ1) is 14.7. The van der Waals surface area contributed by atoms with Crippen LogP contribution in [0.5, 0.6) is 5.88 Å².